The van der Waals surface area contributed by atoms with Crippen LogP contribution >= 0.6 is 0 Å². The third-order valence-electron chi connectivity index (χ3n) is 3.24. The summed E-state index contributed by atoms with van der Waals surface area (Å²) in [5.41, 5.74) is 6.00. The first-order valence-electron chi connectivity index (χ1n) is 6.99. The Labute approximate surface area is 135 Å². The molecule has 3 N–H and O–H groups in total. The summed E-state index contributed by atoms with van der Waals surface area (Å²) in [4.78, 5) is 4.21. The van der Waals surface area contributed by atoms with E-state index in [0.29, 0.717) is 28.6 Å². The van der Waals surface area contributed by atoms with Crippen molar-refractivity contribution in [2.75, 3.05) is 5.73 Å². The van der Waals surface area contributed by atoms with Gasteiger partial charge < -0.3 is 10.5 Å². The molecule has 0 unspecified atom stereocenters. The van der Waals surface area contributed by atoms with Crippen molar-refractivity contribution in [2.45, 2.75) is 12.8 Å². The van der Waals surface area contributed by atoms with Crippen molar-refractivity contribution in [1.29, 1.82) is 0 Å². The van der Waals surface area contributed by atoms with Crippen LogP contribution in [-0.4, -0.2) is 15.2 Å². The fraction of sp³-hybridized carbons (Fsp3) is 0.125. The van der Waals surface area contributed by atoms with Crippen LogP contribution in [0.15, 0.2) is 48.5 Å². The zero-order chi connectivity index (χ0) is 17.2. The molecule has 5 nitrogen and oxygen atoms in total. The highest BCUT2D eigenvalue weighted by molar-refractivity contribution is 5.55. The molecule has 1 heterocycles. The zero-order valence-corrected chi connectivity index (χ0v) is 12.3. The number of nitrogen functional groups attached to an aromatic ring is 1. The lowest BCUT2D eigenvalue weighted by atomic mass is 10.1. The molecule has 0 saturated heterocycles. The number of halogens is 3. The Morgan fingerprint density at radius 3 is 2.50 bits per heavy atom. The van der Waals surface area contributed by atoms with E-state index < -0.39 is 11.7 Å². The third-order valence-corrected chi connectivity index (χ3v) is 3.24. The van der Waals surface area contributed by atoms with E-state index in [0.717, 1.165) is 12.1 Å². The molecule has 0 aliphatic heterocycles. The lowest BCUT2D eigenvalue weighted by Crippen LogP contribution is -2.04. The van der Waals surface area contributed by atoms with Crippen molar-refractivity contribution in [2.24, 2.45) is 0 Å². The van der Waals surface area contributed by atoms with Crippen molar-refractivity contribution in [3.8, 4) is 17.1 Å². The minimum absolute atomic E-state index is 0.136. The van der Waals surface area contributed by atoms with Gasteiger partial charge in [-0.15, -0.1) is 0 Å². The van der Waals surface area contributed by atoms with E-state index >= 15 is 0 Å². The molecule has 3 rings (SSSR count). The van der Waals surface area contributed by atoms with Gasteiger partial charge in [0.25, 0.3) is 0 Å². The van der Waals surface area contributed by atoms with Crippen molar-refractivity contribution >= 4 is 5.69 Å². The highest BCUT2D eigenvalue weighted by Gasteiger charge is 2.30. The number of hydrogen-bond donors (Lipinski definition) is 2. The number of benzene rings is 2. The van der Waals surface area contributed by atoms with Gasteiger partial charge in [-0.3, -0.25) is 5.10 Å². The predicted octanol–water partition coefficient (Wildman–Crippen LogP) is 3.65. The van der Waals surface area contributed by atoms with Gasteiger partial charge in [0.05, 0.1) is 5.56 Å². The first-order valence-corrected chi connectivity index (χ1v) is 6.99. The number of rotatable bonds is 4. The number of anilines is 1. The Morgan fingerprint density at radius 2 is 1.83 bits per heavy atom. The van der Waals surface area contributed by atoms with E-state index in [4.69, 9.17) is 10.5 Å². The van der Waals surface area contributed by atoms with Crippen molar-refractivity contribution in [1.82, 2.24) is 15.2 Å². The maximum absolute atomic E-state index is 12.6. The molecule has 124 valence electrons. The van der Waals surface area contributed by atoms with Crippen LogP contribution in [0.1, 0.15) is 11.4 Å². The lowest BCUT2D eigenvalue weighted by Gasteiger charge is -2.06. The minimum atomic E-state index is -4.37. The Hall–Kier alpha value is -3.03. The fourth-order valence-corrected chi connectivity index (χ4v) is 2.05. The molecule has 2 aromatic carbocycles. The van der Waals surface area contributed by atoms with Gasteiger partial charge in [-0.25, -0.2) is 4.98 Å². The maximum atomic E-state index is 12.6. The van der Waals surface area contributed by atoms with E-state index in [1.54, 1.807) is 24.3 Å². The molecule has 0 atom stereocenters. The molecule has 8 heteroatoms. The number of nitrogens with two attached hydrogens (primary N) is 1. The summed E-state index contributed by atoms with van der Waals surface area (Å²) >= 11 is 0. The van der Waals surface area contributed by atoms with Crippen molar-refractivity contribution in [3.05, 3.63) is 59.9 Å². The van der Waals surface area contributed by atoms with Crippen LogP contribution in [0.25, 0.3) is 11.4 Å². The highest BCUT2D eigenvalue weighted by atomic mass is 19.4. The highest BCUT2D eigenvalue weighted by Crippen LogP contribution is 2.30. The van der Waals surface area contributed by atoms with E-state index in [9.17, 15) is 13.2 Å². The molecule has 0 fully saturated rings. The molecule has 1 aromatic heterocycles. The van der Waals surface area contributed by atoms with E-state index in [1.807, 2.05) is 0 Å². The number of H-pyrrole nitrogens is 1. The van der Waals surface area contributed by atoms with Gasteiger partial charge in [-0.05, 0) is 24.3 Å². The smallest absolute Gasteiger partial charge is 0.416 e. The molecule has 3 aromatic rings. The second-order valence-electron chi connectivity index (χ2n) is 5.04. The van der Waals surface area contributed by atoms with Gasteiger partial charge in [0.1, 0.15) is 12.4 Å². The summed E-state index contributed by atoms with van der Waals surface area (Å²) in [5, 5.41) is 6.68. The van der Waals surface area contributed by atoms with Crippen LogP contribution in [0.4, 0.5) is 18.9 Å². The monoisotopic (exact) mass is 334 g/mol. The van der Waals surface area contributed by atoms with Gasteiger partial charge in [0.2, 0.25) is 0 Å². The Bertz CT molecular complexity index is 828. The van der Waals surface area contributed by atoms with Gasteiger partial charge in [0.15, 0.2) is 11.6 Å². The first kappa shape index (κ1) is 15.9. The largest absolute Gasteiger partial charge is 0.486 e. The number of ether oxygens (including phenoxy) is 1. The zero-order valence-electron chi connectivity index (χ0n) is 12.3. The SMILES string of the molecule is Nc1cccc(OCc2nc(-c3ccc(C(F)(F)F)cc3)n[nH]2)c1. The summed E-state index contributed by atoms with van der Waals surface area (Å²) in [7, 11) is 0. The Balaban J connectivity index is 1.69. The molecule has 0 saturated carbocycles. The van der Waals surface area contributed by atoms with E-state index in [1.165, 1.54) is 12.1 Å². The average molecular weight is 334 g/mol. The van der Waals surface area contributed by atoms with Crippen molar-refractivity contribution < 1.29 is 17.9 Å². The number of nitrogens with zero attached hydrogens (tertiary/aromatic N) is 2. The van der Waals surface area contributed by atoms with Gasteiger partial charge in [0, 0.05) is 17.3 Å². The third kappa shape index (κ3) is 3.65. The summed E-state index contributed by atoms with van der Waals surface area (Å²) < 4.78 is 43.2. The summed E-state index contributed by atoms with van der Waals surface area (Å²) in [6.45, 7) is 0.136. The molecule has 0 aliphatic carbocycles. The van der Waals surface area contributed by atoms with Gasteiger partial charge in [-0.1, -0.05) is 18.2 Å². The predicted molar refractivity (Wildman–Crippen MR) is 82.0 cm³/mol. The molecular formula is C16H13F3N4O. The van der Waals surface area contributed by atoms with Gasteiger partial charge in [-0.2, -0.15) is 18.3 Å². The van der Waals surface area contributed by atoms with Crippen LogP contribution in [0.2, 0.25) is 0 Å². The second-order valence-corrected chi connectivity index (χ2v) is 5.04. The molecule has 0 spiro atoms. The molecular weight excluding hydrogens is 321 g/mol. The standard InChI is InChI=1S/C16H13F3N4O/c17-16(18,19)11-6-4-10(5-7-11)15-21-14(22-23-15)9-24-13-3-1-2-12(20)8-13/h1-8H,9,20H2,(H,21,22,23). The van der Waals surface area contributed by atoms with E-state index in [-0.39, 0.29) is 6.61 Å². The number of alkyl halides is 3. The van der Waals surface area contributed by atoms with Gasteiger partial charge >= 0.3 is 6.18 Å². The molecule has 0 aliphatic rings. The Morgan fingerprint density at radius 1 is 1.08 bits per heavy atom. The average Bonchev–Trinajstić information content (AvgIpc) is 3.01. The van der Waals surface area contributed by atoms with Crippen LogP contribution in [0.5, 0.6) is 5.75 Å². The normalized spacial score (nSPS) is 11.5. The number of nitrogens with one attached hydrogen (secondary N) is 1. The van der Waals surface area contributed by atoms with Crippen LogP contribution < -0.4 is 10.5 Å². The number of aromatic nitrogens is 3. The quantitative estimate of drug-likeness (QED) is 0.714. The molecule has 0 amide bonds. The Kier molecular flexibility index (Phi) is 4.11. The summed E-state index contributed by atoms with van der Waals surface area (Å²) in [5.74, 6) is 1.34. The fourth-order valence-electron chi connectivity index (χ4n) is 2.05. The van der Waals surface area contributed by atoms with Crippen LogP contribution in [0.3, 0.4) is 0 Å². The minimum Gasteiger partial charge on any atom is -0.486 e. The summed E-state index contributed by atoms with van der Waals surface area (Å²) in [6.07, 6.45) is -4.37. The van der Waals surface area contributed by atoms with Crippen LogP contribution in [0, 0.1) is 0 Å². The molecule has 0 bridgehead atoms. The summed E-state index contributed by atoms with van der Waals surface area (Å²) in [6, 6.07) is 11.6. The maximum Gasteiger partial charge on any atom is 0.416 e. The van der Waals surface area contributed by atoms with E-state index in [2.05, 4.69) is 15.2 Å². The molecule has 24 heavy (non-hydrogen) atoms. The number of hydrogen-bond acceptors (Lipinski definition) is 4. The molecule has 0 radical (unpaired) electrons. The lowest BCUT2D eigenvalue weighted by molar-refractivity contribution is -0.137. The topological polar surface area (TPSA) is 76.8 Å². The second kappa shape index (κ2) is 6.23. The first-order chi connectivity index (χ1) is 11.4. The van der Waals surface area contributed by atoms with Crippen LogP contribution in [-0.2, 0) is 12.8 Å². The van der Waals surface area contributed by atoms with Crippen molar-refractivity contribution in [3.63, 3.8) is 0 Å². The number of aromatic amines is 1.